The number of aryl methyl sites for hydroxylation is 1. The molecule has 0 radical (unpaired) electrons. The molecule has 2 aromatic rings. The molecule has 3 atom stereocenters. The quantitative estimate of drug-likeness (QED) is 0.252. The van der Waals surface area contributed by atoms with E-state index in [9.17, 15) is 4.79 Å². The van der Waals surface area contributed by atoms with Crippen LogP contribution in [0.3, 0.4) is 0 Å². The van der Waals surface area contributed by atoms with Crippen LogP contribution in [0.15, 0.2) is 79.7 Å². The molecule has 1 aromatic heterocycles. The van der Waals surface area contributed by atoms with Crippen molar-refractivity contribution in [1.29, 1.82) is 0 Å². The fraction of sp³-hybridized carbons (Fsp3) is 0.407. The first kappa shape index (κ1) is 24.5. The Hall–Kier alpha value is -3.12. The summed E-state index contributed by atoms with van der Waals surface area (Å²) in [6.07, 6.45) is 9.93. The molecule has 3 rings (SSSR count). The van der Waals surface area contributed by atoms with Crippen LogP contribution in [0.25, 0.3) is 0 Å². The molecule has 0 spiro atoms. The summed E-state index contributed by atoms with van der Waals surface area (Å²) >= 11 is 0. The van der Waals surface area contributed by atoms with Crippen LogP contribution in [0.4, 0.5) is 5.69 Å². The van der Waals surface area contributed by atoms with Gasteiger partial charge in [0.05, 0.1) is 6.54 Å². The van der Waals surface area contributed by atoms with E-state index in [2.05, 4.69) is 43.2 Å². The molecule has 0 bridgehead atoms. The van der Waals surface area contributed by atoms with Gasteiger partial charge in [-0.25, -0.2) is 5.48 Å². The van der Waals surface area contributed by atoms with Crippen LogP contribution in [0.2, 0.25) is 0 Å². The number of amides is 1. The predicted molar refractivity (Wildman–Crippen MR) is 133 cm³/mol. The maximum Gasteiger partial charge on any atom is 0.243 e. The van der Waals surface area contributed by atoms with Crippen molar-refractivity contribution >= 4 is 11.6 Å². The van der Waals surface area contributed by atoms with Gasteiger partial charge < -0.3 is 5.32 Å². The zero-order valence-corrected chi connectivity index (χ0v) is 19.6. The van der Waals surface area contributed by atoms with Crippen molar-refractivity contribution < 1.29 is 10.0 Å². The first-order valence-electron chi connectivity index (χ1n) is 11.6. The minimum absolute atomic E-state index is 0.0262. The van der Waals surface area contributed by atoms with Gasteiger partial charge in [-0.2, -0.15) is 5.10 Å². The normalized spacial score (nSPS) is 22.4. The molecular formula is C27H36N4O2. The number of benzene rings is 1. The first-order valence-corrected chi connectivity index (χ1v) is 11.6. The number of hydroxylamine groups is 1. The Kier molecular flexibility index (Phi) is 8.28. The second kappa shape index (κ2) is 11.1. The average molecular weight is 449 g/mol. The molecule has 33 heavy (non-hydrogen) atoms. The van der Waals surface area contributed by atoms with Crippen molar-refractivity contribution in [3.05, 3.63) is 85.2 Å². The molecular weight excluding hydrogens is 412 g/mol. The lowest BCUT2D eigenvalue weighted by Crippen LogP contribution is -2.36. The topological polar surface area (TPSA) is 79.2 Å². The van der Waals surface area contributed by atoms with E-state index < -0.39 is 0 Å². The molecule has 1 amide bonds. The van der Waals surface area contributed by atoms with Crippen LogP contribution in [-0.4, -0.2) is 27.4 Å². The molecule has 3 N–H and O–H groups in total. The highest BCUT2D eigenvalue weighted by molar-refractivity contribution is 5.74. The molecule has 1 aromatic carbocycles. The van der Waals surface area contributed by atoms with Gasteiger partial charge in [-0.15, -0.1) is 6.58 Å². The summed E-state index contributed by atoms with van der Waals surface area (Å²) in [5.74, 6) is 0.392. The number of carbonyl (C=O) groups is 1. The van der Waals surface area contributed by atoms with Crippen LogP contribution < -0.4 is 10.8 Å². The monoisotopic (exact) mass is 448 g/mol. The summed E-state index contributed by atoms with van der Waals surface area (Å²) in [6.45, 7) is 16.7. The van der Waals surface area contributed by atoms with Gasteiger partial charge in [0.1, 0.15) is 0 Å². The van der Waals surface area contributed by atoms with Crippen molar-refractivity contribution in [3.8, 4) is 0 Å². The van der Waals surface area contributed by atoms with Gasteiger partial charge in [0.15, 0.2) is 0 Å². The van der Waals surface area contributed by atoms with E-state index in [-0.39, 0.29) is 17.7 Å². The zero-order valence-electron chi connectivity index (χ0n) is 19.6. The highest BCUT2D eigenvalue weighted by Gasteiger charge is 2.39. The molecule has 1 aliphatic rings. The number of nitrogens with zero attached hydrogens (tertiary/aromatic N) is 2. The molecule has 6 heteroatoms. The fourth-order valence-electron chi connectivity index (χ4n) is 4.75. The molecule has 1 heterocycles. The zero-order chi connectivity index (χ0) is 23.8. The molecule has 176 valence electrons. The number of allylic oxidation sites excluding steroid dienone is 2. The third-order valence-electron chi connectivity index (χ3n) is 7.05. The molecule has 1 fully saturated rings. The van der Waals surface area contributed by atoms with Gasteiger partial charge in [0.2, 0.25) is 5.91 Å². The van der Waals surface area contributed by atoms with Gasteiger partial charge in [0, 0.05) is 31.0 Å². The van der Waals surface area contributed by atoms with E-state index >= 15 is 0 Å². The Morgan fingerprint density at radius 2 is 2.06 bits per heavy atom. The molecule has 0 unspecified atom stereocenters. The van der Waals surface area contributed by atoms with Crippen molar-refractivity contribution in [2.45, 2.75) is 45.6 Å². The lowest BCUT2D eigenvalue weighted by molar-refractivity contribution is -0.129. The highest BCUT2D eigenvalue weighted by atomic mass is 16.5. The number of anilines is 1. The lowest BCUT2D eigenvalue weighted by atomic mass is 9.61. The lowest BCUT2D eigenvalue weighted by Gasteiger charge is -2.44. The van der Waals surface area contributed by atoms with Crippen LogP contribution in [0.1, 0.15) is 38.2 Å². The molecule has 0 aliphatic heterocycles. The summed E-state index contributed by atoms with van der Waals surface area (Å²) in [5, 5.41) is 16.4. The summed E-state index contributed by atoms with van der Waals surface area (Å²) in [5.41, 5.74) is 6.16. The van der Waals surface area contributed by atoms with Gasteiger partial charge >= 0.3 is 0 Å². The third-order valence-corrected chi connectivity index (χ3v) is 7.05. The minimum Gasteiger partial charge on any atom is -0.381 e. The van der Waals surface area contributed by atoms with Crippen molar-refractivity contribution in [3.63, 3.8) is 0 Å². The Balaban J connectivity index is 1.58. The number of aromatic nitrogens is 2. The Labute approximate surface area is 197 Å². The largest absolute Gasteiger partial charge is 0.381 e. The standard InChI is InChI=1S/C27H36N4O2/c1-5-27(4)14-13-23(21(3)19-31-16-6-15-29-31)17-25(27)20(2)18-28-24-10-7-22(8-11-24)9-12-26(32)30-33/h5-8,10-11,15-16,23,25,28,33H,1-3,9,12-14,17-19H2,4H3,(H,30,32)/t23-,25+,27-/m1/s1. The van der Waals surface area contributed by atoms with Crippen molar-refractivity contribution in [2.75, 3.05) is 11.9 Å². The number of nitrogens with one attached hydrogen (secondary N) is 2. The van der Waals surface area contributed by atoms with E-state index in [4.69, 9.17) is 5.21 Å². The van der Waals surface area contributed by atoms with Gasteiger partial charge in [-0.05, 0) is 66.7 Å². The van der Waals surface area contributed by atoms with Crippen LogP contribution in [-0.2, 0) is 17.8 Å². The van der Waals surface area contributed by atoms with Gasteiger partial charge in [-0.1, -0.05) is 49.4 Å². The van der Waals surface area contributed by atoms with Crippen LogP contribution in [0, 0.1) is 17.3 Å². The maximum absolute atomic E-state index is 11.2. The summed E-state index contributed by atoms with van der Waals surface area (Å²) in [6, 6.07) is 9.97. The SMILES string of the molecule is C=C[C@]1(C)CC[C@@H](C(=C)Cn2cccn2)C[C@H]1C(=C)CNc1ccc(CCC(=O)NO)cc1. The van der Waals surface area contributed by atoms with Gasteiger partial charge in [-0.3, -0.25) is 14.7 Å². The molecule has 6 nitrogen and oxygen atoms in total. The van der Waals surface area contributed by atoms with E-state index in [0.717, 1.165) is 37.1 Å². The second-order valence-corrected chi connectivity index (χ2v) is 9.34. The van der Waals surface area contributed by atoms with E-state index in [1.165, 1.54) is 11.1 Å². The smallest absolute Gasteiger partial charge is 0.243 e. The first-order chi connectivity index (χ1) is 15.8. The van der Waals surface area contributed by atoms with E-state index in [1.807, 2.05) is 41.2 Å². The summed E-state index contributed by atoms with van der Waals surface area (Å²) < 4.78 is 1.94. The van der Waals surface area contributed by atoms with Crippen molar-refractivity contribution in [2.24, 2.45) is 17.3 Å². The highest BCUT2D eigenvalue weighted by Crippen LogP contribution is 2.49. The number of rotatable bonds is 11. The fourth-order valence-corrected chi connectivity index (χ4v) is 4.75. The van der Waals surface area contributed by atoms with E-state index in [1.54, 1.807) is 11.7 Å². The summed E-state index contributed by atoms with van der Waals surface area (Å²) in [4.78, 5) is 11.2. The van der Waals surface area contributed by atoms with Crippen LogP contribution >= 0.6 is 0 Å². The number of hydrogen-bond donors (Lipinski definition) is 3. The second-order valence-electron chi connectivity index (χ2n) is 9.34. The van der Waals surface area contributed by atoms with E-state index in [0.29, 0.717) is 24.8 Å². The van der Waals surface area contributed by atoms with Crippen LogP contribution in [0.5, 0.6) is 0 Å². The Morgan fingerprint density at radius 1 is 1.30 bits per heavy atom. The predicted octanol–water partition coefficient (Wildman–Crippen LogP) is 5.15. The van der Waals surface area contributed by atoms with Gasteiger partial charge in [0.25, 0.3) is 0 Å². The molecule has 0 saturated heterocycles. The summed E-state index contributed by atoms with van der Waals surface area (Å²) in [7, 11) is 0. The van der Waals surface area contributed by atoms with Crippen molar-refractivity contribution in [1.82, 2.24) is 15.3 Å². The minimum atomic E-state index is -0.378. The Morgan fingerprint density at radius 3 is 2.70 bits per heavy atom. The average Bonchev–Trinajstić information content (AvgIpc) is 3.34. The molecule has 1 aliphatic carbocycles. The number of hydrogen-bond acceptors (Lipinski definition) is 4. The number of carbonyl (C=O) groups excluding carboxylic acids is 1. The molecule has 1 saturated carbocycles. The Bertz CT molecular complexity index is 965. The maximum atomic E-state index is 11.2. The third kappa shape index (κ3) is 6.45.